The zero-order valence-electron chi connectivity index (χ0n) is 13.0. The lowest BCUT2D eigenvalue weighted by Gasteiger charge is -2.31. The standard InChI is InChI=1S/C17H23NO3/c1-11-12(2)21-16-14(11)5-4-6-15(16)17(19)18-9-7-13(20-3)8-10-18/h4-6,11-13H,7-10H2,1-3H3. The number of fused-ring (bicyclic) bond motifs is 1. The Morgan fingerprint density at radius 2 is 2.00 bits per heavy atom. The highest BCUT2D eigenvalue weighted by molar-refractivity contribution is 5.97. The number of hydrogen-bond acceptors (Lipinski definition) is 3. The predicted molar refractivity (Wildman–Crippen MR) is 80.9 cm³/mol. The molecule has 2 unspecified atom stereocenters. The molecule has 2 aliphatic rings. The summed E-state index contributed by atoms with van der Waals surface area (Å²) in [6.45, 7) is 5.72. The third kappa shape index (κ3) is 2.53. The monoisotopic (exact) mass is 289 g/mol. The molecule has 1 aromatic rings. The van der Waals surface area contributed by atoms with E-state index in [9.17, 15) is 4.79 Å². The van der Waals surface area contributed by atoms with Crippen molar-refractivity contribution in [3.63, 3.8) is 0 Å². The van der Waals surface area contributed by atoms with E-state index in [1.807, 2.05) is 17.0 Å². The van der Waals surface area contributed by atoms with Crippen molar-refractivity contribution < 1.29 is 14.3 Å². The van der Waals surface area contributed by atoms with Gasteiger partial charge in [-0.15, -0.1) is 0 Å². The smallest absolute Gasteiger partial charge is 0.257 e. The van der Waals surface area contributed by atoms with E-state index >= 15 is 0 Å². The van der Waals surface area contributed by atoms with Gasteiger partial charge in [-0.1, -0.05) is 19.1 Å². The van der Waals surface area contributed by atoms with Crippen LogP contribution in [-0.2, 0) is 4.74 Å². The van der Waals surface area contributed by atoms with E-state index in [4.69, 9.17) is 9.47 Å². The van der Waals surface area contributed by atoms with E-state index in [-0.39, 0.29) is 18.1 Å². The largest absolute Gasteiger partial charge is 0.489 e. The predicted octanol–water partition coefficient (Wildman–Crippen LogP) is 2.82. The van der Waals surface area contributed by atoms with Crippen molar-refractivity contribution in [3.05, 3.63) is 29.3 Å². The summed E-state index contributed by atoms with van der Waals surface area (Å²) in [4.78, 5) is 14.7. The van der Waals surface area contributed by atoms with Gasteiger partial charge < -0.3 is 14.4 Å². The highest BCUT2D eigenvalue weighted by atomic mass is 16.5. The van der Waals surface area contributed by atoms with Gasteiger partial charge >= 0.3 is 0 Å². The number of piperidine rings is 1. The summed E-state index contributed by atoms with van der Waals surface area (Å²) in [7, 11) is 1.74. The minimum absolute atomic E-state index is 0.0858. The second-order valence-electron chi connectivity index (χ2n) is 6.06. The Morgan fingerprint density at radius 1 is 1.29 bits per heavy atom. The Bertz CT molecular complexity index is 535. The number of carbonyl (C=O) groups excluding carboxylic acids is 1. The van der Waals surface area contributed by atoms with Crippen LogP contribution in [-0.4, -0.2) is 43.2 Å². The second kappa shape index (κ2) is 5.68. The first-order valence-corrected chi connectivity index (χ1v) is 7.73. The molecule has 0 radical (unpaired) electrons. The summed E-state index contributed by atoms with van der Waals surface area (Å²) in [6.07, 6.45) is 2.23. The molecule has 0 bridgehead atoms. The number of hydrogen-bond donors (Lipinski definition) is 0. The fourth-order valence-electron chi connectivity index (χ4n) is 3.22. The van der Waals surface area contributed by atoms with Gasteiger partial charge in [0.2, 0.25) is 0 Å². The van der Waals surface area contributed by atoms with E-state index in [0.29, 0.717) is 11.5 Å². The molecule has 0 N–H and O–H groups in total. The normalized spacial score (nSPS) is 25.6. The van der Waals surface area contributed by atoms with Crippen molar-refractivity contribution in [2.45, 2.75) is 44.8 Å². The number of methoxy groups -OCH3 is 1. The Kier molecular flexibility index (Phi) is 3.89. The molecular formula is C17H23NO3. The fourth-order valence-corrected chi connectivity index (χ4v) is 3.22. The van der Waals surface area contributed by atoms with Crippen LogP contribution in [0.15, 0.2) is 18.2 Å². The minimum atomic E-state index is 0.0858. The number of rotatable bonds is 2. The van der Waals surface area contributed by atoms with Crippen LogP contribution in [0.3, 0.4) is 0 Å². The highest BCUT2D eigenvalue weighted by Crippen LogP contribution is 2.40. The first kappa shape index (κ1) is 14.4. The van der Waals surface area contributed by atoms with E-state index in [1.54, 1.807) is 7.11 Å². The van der Waals surface area contributed by atoms with Gasteiger partial charge in [-0.2, -0.15) is 0 Å². The van der Waals surface area contributed by atoms with Gasteiger partial charge in [0, 0.05) is 31.7 Å². The molecule has 0 spiro atoms. The van der Waals surface area contributed by atoms with Gasteiger partial charge in [-0.25, -0.2) is 0 Å². The number of carbonyl (C=O) groups is 1. The van der Waals surface area contributed by atoms with Gasteiger partial charge in [-0.3, -0.25) is 4.79 Å². The van der Waals surface area contributed by atoms with Crippen LogP contribution < -0.4 is 4.74 Å². The molecule has 4 heteroatoms. The summed E-state index contributed by atoms with van der Waals surface area (Å²) in [5, 5.41) is 0. The van der Waals surface area contributed by atoms with Crippen LogP contribution >= 0.6 is 0 Å². The van der Waals surface area contributed by atoms with E-state index < -0.39 is 0 Å². The number of para-hydroxylation sites is 1. The van der Waals surface area contributed by atoms with Crippen molar-refractivity contribution in [2.75, 3.05) is 20.2 Å². The number of nitrogens with zero attached hydrogens (tertiary/aromatic N) is 1. The molecule has 2 atom stereocenters. The quantitative estimate of drug-likeness (QED) is 0.840. The molecule has 3 rings (SSSR count). The van der Waals surface area contributed by atoms with Gasteiger partial charge in [0.25, 0.3) is 5.91 Å². The molecular weight excluding hydrogens is 266 g/mol. The lowest BCUT2D eigenvalue weighted by Crippen LogP contribution is -2.40. The SMILES string of the molecule is COC1CCN(C(=O)c2cccc3c2OC(C)C3C)CC1. The molecule has 2 aliphatic heterocycles. The highest BCUT2D eigenvalue weighted by Gasteiger charge is 2.33. The van der Waals surface area contributed by atoms with Gasteiger partial charge in [-0.05, 0) is 25.8 Å². The van der Waals surface area contributed by atoms with E-state index in [0.717, 1.165) is 37.2 Å². The third-order valence-electron chi connectivity index (χ3n) is 4.84. The molecule has 114 valence electrons. The maximum absolute atomic E-state index is 12.8. The summed E-state index contributed by atoms with van der Waals surface area (Å²) in [5.41, 5.74) is 1.86. The average molecular weight is 289 g/mol. The van der Waals surface area contributed by atoms with Gasteiger partial charge in [0.15, 0.2) is 0 Å². The maximum Gasteiger partial charge on any atom is 0.257 e. The third-order valence-corrected chi connectivity index (χ3v) is 4.84. The maximum atomic E-state index is 12.8. The van der Waals surface area contributed by atoms with Crippen molar-refractivity contribution >= 4 is 5.91 Å². The number of likely N-dealkylation sites (tertiary alicyclic amines) is 1. The number of amides is 1. The average Bonchev–Trinajstić information content (AvgIpc) is 2.82. The summed E-state index contributed by atoms with van der Waals surface area (Å²) >= 11 is 0. The summed E-state index contributed by atoms with van der Waals surface area (Å²) in [5.74, 6) is 1.21. The Balaban J connectivity index is 1.81. The summed E-state index contributed by atoms with van der Waals surface area (Å²) < 4.78 is 11.3. The summed E-state index contributed by atoms with van der Waals surface area (Å²) in [6, 6.07) is 5.91. The van der Waals surface area contributed by atoms with Crippen LogP contribution in [0.1, 0.15) is 48.5 Å². The molecule has 1 fully saturated rings. The molecule has 21 heavy (non-hydrogen) atoms. The van der Waals surface area contributed by atoms with E-state index in [1.165, 1.54) is 0 Å². The first-order chi connectivity index (χ1) is 10.1. The van der Waals surface area contributed by atoms with Crippen molar-refractivity contribution in [2.24, 2.45) is 0 Å². The lowest BCUT2D eigenvalue weighted by molar-refractivity contribution is 0.0348. The van der Waals surface area contributed by atoms with Crippen LogP contribution in [0.5, 0.6) is 5.75 Å². The van der Waals surface area contributed by atoms with E-state index in [2.05, 4.69) is 19.9 Å². The Morgan fingerprint density at radius 3 is 2.67 bits per heavy atom. The van der Waals surface area contributed by atoms with Crippen LogP contribution in [0.4, 0.5) is 0 Å². The molecule has 2 heterocycles. The Hall–Kier alpha value is -1.55. The molecule has 0 aromatic heterocycles. The minimum Gasteiger partial charge on any atom is -0.489 e. The van der Waals surface area contributed by atoms with Crippen molar-refractivity contribution in [3.8, 4) is 5.75 Å². The number of benzene rings is 1. The van der Waals surface area contributed by atoms with Crippen LogP contribution in [0.2, 0.25) is 0 Å². The van der Waals surface area contributed by atoms with Crippen molar-refractivity contribution in [1.82, 2.24) is 4.90 Å². The zero-order valence-corrected chi connectivity index (χ0v) is 13.0. The fraction of sp³-hybridized carbons (Fsp3) is 0.588. The zero-order chi connectivity index (χ0) is 15.0. The van der Waals surface area contributed by atoms with Crippen molar-refractivity contribution in [1.29, 1.82) is 0 Å². The molecule has 4 nitrogen and oxygen atoms in total. The second-order valence-corrected chi connectivity index (χ2v) is 6.06. The first-order valence-electron chi connectivity index (χ1n) is 7.73. The topological polar surface area (TPSA) is 38.8 Å². The van der Waals surface area contributed by atoms with Gasteiger partial charge in [0.1, 0.15) is 11.9 Å². The molecule has 1 saturated heterocycles. The number of ether oxygens (including phenoxy) is 2. The molecule has 0 aliphatic carbocycles. The van der Waals surface area contributed by atoms with Crippen LogP contribution in [0.25, 0.3) is 0 Å². The molecule has 1 aromatic carbocycles. The van der Waals surface area contributed by atoms with Gasteiger partial charge in [0.05, 0.1) is 11.7 Å². The Labute approximate surface area is 126 Å². The lowest BCUT2D eigenvalue weighted by atomic mass is 9.96. The molecule has 0 saturated carbocycles. The molecule has 1 amide bonds. The van der Waals surface area contributed by atoms with Crippen LogP contribution in [0, 0.1) is 0 Å².